The third kappa shape index (κ3) is 3.31. The minimum Gasteiger partial charge on any atom is -0.356 e. The summed E-state index contributed by atoms with van der Waals surface area (Å²) in [7, 11) is 0. The Morgan fingerprint density at radius 2 is 1.84 bits per heavy atom. The van der Waals surface area contributed by atoms with Crippen LogP contribution in [0.25, 0.3) is 0 Å². The highest BCUT2D eigenvalue weighted by Gasteiger charge is 2.39. The van der Waals surface area contributed by atoms with Gasteiger partial charge in [-0.15, -0.1) is 0 Å². The van der Waals surface area contributed by atoms with Crippen LogP contribution in [0.4, 0.5) is 0 Å². The molecule has 0 saturated heterocycles. The van der Waals surface area contributed by atoms with Crippen molar-refractivity contribution < 1.29 is 4.79 Å². The van der Waals surface area contributed by atoms with E-state index in [1.165, 1.54) is 25.7 Å². The lowest BCUT2D eigenvalue weighted by Crippen LogP contribution is -2.34. The minimum atomic E-state index is 0.281. The van der Waals surface area contributed by atoms with Crippen LogP contribution >= 0.6 is 0 Å². The average Bonchev–Trinajstić information content (AvgIpc) is 3.01. The number of amides is 1. The molecule has 0 aliphatic heterocycles. The first kappa shape index (κ1) is 13.4. The molecule has 0 radical (unpaired) electrons. The summed E-state index contributed by atoms with van der Waals surface area (Å²) in [5.41, 5.74) is 5.90. The molecular weight excluding hydrogens is 236 g/mol. The van der Waals surface area contributed by atoms with Crippen LogP contribution in [0.1, 0.15) is 57.8 Å². The molecular formula is C16H28N2O. The quantitative estimate of drug-likeness (QED) is 0.819. The smallest absolute Gasteiger partial charge is 0.220 e. The van der Waals surface area contributed by atoms with Gasteiger partial charge in [-0.1, -0.05) is 6.42 Å². The van der Waals surface area contributed by atoms with E-state index in [-0.39, 0.29) is 5.91 Å². The maximum atomic E-state index is 12.0. The van der Waals surface area contributed by atoms with Gasteiger partial charge < -0.3 is 11.1 Å². The molecule has 0 aromatic carbocycles. The summed E-state index contributed by atoms with van der Waals surface area (Å²) in [5.74, 6) is 3.54. The number of nitrogens with one attached hydrogen (secondary N) is 1. The van der Waals surface area contributed by atoms with Crippen LogP contribution in [0.2, 0.25) is 0 Å². The summed E-state index contributed by atoms with van der Waals surface area (Å²) in [5, 5.41) is 3.20. The largest absolute Gasteiger partial charge is 0.356 e. The van der Waals surface area contributed by atoms with Crippen molar-refractivity contribution in [2.24, 2.45) is 29.4 Å². The molecule has 3 fully saturated rings. The summed E-state index contributed by atoms with van der Waals surface area (Å²) in [6, 6.07) is 0.383. The Bertz CT molecular complexity index is 323. The zero-order valence-corrected chi connectivity index (χ0v) is 11.9. The van der Waals surface area contributed by atoms with Gasteiger partial charge >= 0.3 is 0 Å². The number of carbonyl (C=O) groups is 1. The van der Waals surface area contributed by atoms with Crippen molar-refractivity contribution in [3.05, 3.63) is 0 Å². The maximum absolute atomic E-state index is 12.0. The first-order valence-corrected chi connectivity index (χ1v) is 8.23. The van der Waals surface area contributed by atoms with E-state index in [2.05, 4.69) is 5.32 Å². The second kappa shape index (κ2) is 5.82. The number of rotatable bonds is 4. The number of nitrogens with two attached hydrogens (primary N) is 1. The van der Waals surface area contributed by atoms with Crippen LogP contribution in [0, 0.1) is 23.7 Å². The molecule has 0 aromatic heterocycles. The Labute approximate surface area is 116 Å². The van der Waals surface area contributed by atoms with Crippen LogP contribution in [-0.2, 0) is 4.79 Å². The standard InChI is InChI=1S/C16H28N2O/c17-15-5-2-11(3-6-15)9-16(19)18-10-14-8-12-1-4-13(14)7-12/h11-15H,1-10,17H2,(H,18,19). The van der Waals surface area contributed by atoms with Crippen molar-refractivity contribution in [2.45, 2.75) is 63.8 Å². The summed E-state index contributed by atoms with van der Waals surface area (Å²) >= 11 is 0. The van der Waals surface area contributed by atoms with Gasteiger partial charge in [-0.3, -0.25) is 4.79 Å². The predicted octanol–water partition coefficient (Wildman–Crippen LogP) is 2.45. The fourth-order valence-corrected chi connectivity index (χ4v) is 4.60. The van der Waals surface area contributed by atoms with Gasteiger partial charge in [-0.25, -0.2) is 0 Å². The Morgan fingerprint density at radius 3 is 2.47 bits per heavy atom. The monoisotopic (exact) mass is 264 g/mol. The lowest BCUT2D eigenvalue weighted by molar-refractivity contribution is -0.122. The molecule has 3 nitrogen and oxygen atoms in total. The molecule has 2 bridgehead atoms. The Hall–Kier alpha value is -0.570. The lowest BCUT2D eigenvalue weighted by Gasteiger charge is -2.26. The Balaban J connectivity index is 1.35. The van der Waals surface area contributed by atoms with Gasteiger partial charge in [-0.2, -0.15) is 0 Å². The second-order valence-electron chi connectivity index (χ2n) is 7.22. The van der Waals surface area contributed by atoms with Crippen molar-refractivity contribution in [1.82, 2.24) is 5.32 Å². The van der Waals surface area contributed by atoms with Gasteiger partial charge in [0.05, 0.1) is 0 Å². The van der Waals surface area contributed by atoms with Crippen LogP contribution < -0.4 is 11.1 Å². The maximum Gasteiger partial charge on any atom is 0.220 e. The highest BCUT2D eigenvalue weighted by molar-refractivity contribution is 5.76. The third-order valence-corrected chi connectivity index (χ3v) is 5.81. The zero-order valence-electron chi connectivity index (χ0n) is 11.9. The average molecular weight is 264 g/mol. The second-order valence-corrected chi connectivity index (χ2v) is 7.22. The summed E-state index contributed by atoms with van der Waals surface area (Å²) in [4.78, 5) is 12.0. The Morgan fingerprint density at radius 1 is 1.05 bits per heavy atom. The molecule has 1 amide bonds. The molecule has 3 unspecified atom stereocenters. The van der Waals surface area contributed by atoms with Crippen molar-refractivity contribution in [1.29, 1.82) is 0 Å². The Kier molecular flexibility index (Phi) is 4.11. The van der Waals surface area contributed by atoms with E-state index in [4.69, 9.17) is 5.73 Å². The molecule has 3 atom stereocenters. The number of hydrogen-bond donors (Lipinski definition) is 2. The number of carbonyl (C=O) groups excluding carboxylic acids is 1. The van der Waals surface area contributed by atoms with E-state index in [1.807, 2.05) is 0 Å². The number of hydrogen-bond acceptors (Lipinski definition) is 2. The molecule has 3 rings (SSSR count). The fraction of sp³-hybridized carbons (Fsp3) is 0.938. The molecule has 19 heavy (non-hydrogen) atoms. The highest BCUT2D eigenvalue weighted by atomic mass is 16.1. The molecule has 3 aliphatic rings. The molecule has 3 saturated carbocycles. The van der Waals surface area contributed by atoms with Crippen LogP contribution in [0.5, 0.6) is 0 Å². The molecule has 3 N–H and O–H groups in total. The number of fused-ring (bicyclic) bond motifs is 2. The van der Waals surface area contributed by atoms with Crippen molar-refractivity contribution in [2.75, 3.05) is 6.54 Å². The molecule has 108 valence electrons. The molecule has 0 aromatic rings. The van der Waals surface area contributed by atoms with E-state index < -0.39 is 0 Å². The summed E-state index contributed by atoms with van der Waals surface area (Å²) in [6.45, 7) is 0.937. The van der Waals surface area contributed by atoms with E-state index in [0.29, 0.717) is 12.0 Å². The third-order valence-electron chi connectivity index (χ3n) is 5.81. The predicted molar refractivity (Wildman–Crippen MR) is 76.5 cm³/mol. The van der Waals surface area contributed by atoms with E-state index in [0.717, 1.165) is 56.4 Å². The minimum absolute atomic E-state index is 0.281. The SMILES string of the molecule is NC1CCC(CC(=O)NCC2CC3CCC2C3)CC1. The van der Waals surface area contributed by atoms with Gasteiger partial charge in [-0.05, 0) is 68.6 Å². The lowest BCUT2D eigenvalue weighted by atomic mass is 9.84. The van der Waals surface area contributed by atoms with Gasteiger partial charge in [0, 0.05) is 19.0 Å². The normalized spacial score (nSPS) is 41.4. The first-order chi connectivity index (χ1) is 9.20. The zero-order chi connectivity index (χ0) is 13.2. The fourth-order valence-electron chi connectivity index (χ4n) is 4.60. The van der Waals surface area contributed by atoms with Gasteiger partial charge in [0.15, 0.2) is 0 Å². The summed E-state index contributed by atoms with van der Waals surface area (Å²) < 4.78 is 0. The highest BCUT2D eigenvalue weighted by Crippen LogP contribution is 2.47. The van der Waals surface area contributed by atoms with Gasteiger partial charge in [0.2, 0.25) is 5.91 Å². The van der Waals surface area contributed by atoms with Crippen LogP contribution in [0.15, 0.2) is 0 Å². The van der Waals surface area contributed by atoms with Gasteiger partial charge in [0.1, 0.15) is 0 Å². The van der Waals surface area contributed by atoms with E-state index >= 15 is 0 Å². The topological polar surface area (TPSA) is 55.1 Å². The van der Waals surface area contributed by atoms with Crippen molar-refractivity contribution >= 4 is 5.91 Å². The van der Waals surface area contributed by atoms with Crippen molar-refractivity contribution in [3.63, 3.8) is 0 Å². The van der Waals surface area contributed by atoms with Gasteiger partial charge in [0.25, 0.3) is 0 Å². The molecule has 0 heterocycles. The molecule has 3 aliphatic carbocycles. The van der Waals surface area contributed by atoms with Crippen LogP contribution in [0.3, 0.4) is 0 Å². The van der Waals surface area contributed by atoms with E-state index in [9.17, 15) is 4.79 Å². The van der Waals surface area contributed by atoms with Crippen molar-refractivity contribution in [3.8, 4) is 0 Å². The summed E-state index contributed by atoms with van der Waals surface area (Å²) in [6.07, 6.45) is 10.9. The first-order valence-electron chi connectivity index (χ1n) is 8.23. The van der Waals surface area contributed by atoms with Crippen LogP contribution in [-0.4, -0.2) is 18.5 Å². The molecule has 0 spiro atoms. The van der Waals surface area contributed by atoms with E-state index in [1.54, 1.807) is 0 Å². The molecule has 3 heteroatoms.